The van der Waals surface area contributed by atoms with Crippen LogP contribution in [0.15, 0.2) is 48.5 Å². The lowest BCUT2D eigenvalue weighted by Crippen LogP contribution is -2.60. The van der Waals surface area contributed by atoms with E-state index in [2.05, 4.69) is 15.5 Å². The van der Waals surface area contributed by atoms with Crippen molar-refractivity contribution in [2.75, 3.05) is 24.5 Å². The van der Waals surface area contributed by atoms with E-state index in [0.717, 1.165) is 11.3 Å². The molecule has 3 aliphatic heterocycles. The highest BCUT2D eigenvalue weighted by Gasteiger charge is 2.58. The number of carbonyl (C=O) groups is 5. The molecule has 1 saturated heterocycles. The fraction of sp³-hybridized carbons (Fsp3) is 0.345. The van der Waals surface area contributed by atoms with Gasteiger partial charge in [-0.05, 0) is 43.7 Å². The predicted molar refractivity (Wildman–Crippen MR) is 150 cm³/mol. The van der Waals surface area contributed by atoms with Crippen molar-refractivity contribution >= 4 is 47.0 Å². The first-order valence-corrected chi connectivity index (χ1v) is 13.6. The zero-order chi connectivity index (χ0) is 30.9. The smallest absolute Gasteiger partial charge is 0.352 e. The van der Waals surface area contributed by atoms with E-state index in [-0.39, 0.29) is 31.5 Å². The minimum absolute atomic E-state index is 0.00894. The van der Waals surface area contributed by atoms with Crippen molar-refractivity contribution in [3.8, 4) is 5.75 Å². The summed E-state index contributed by atoms with van der Waals surface area (Å²) in [5, 5.41) is 16.4. The molecule has 14 nitrogen and oxygen atoms in total. The lowest BCUT2D eigenvalue weighted by molar-refractivity contribution is -0.384. The Kier molecular flexibility index (Phi) is 7.61. The van der Waals surface area contributed by atoms with Crippen molar-refractivity contribution in [2.24, 2.45) is 0 Å². The Morgan fingerprint density at radius 2 is 1.72 bits per heavy atom. The third-order valence-corrected chi connectivity index (χ3v) is 7.76. The number of nitrogens with one attached hydrogen (secondary N) is 2. The van der Waals surface area contributed by atoms with E-state index < -0.39 is 58.8 Å². The van der Waals surface area contributed by atoms with Crippen LogP contribution in [0.4, 0.5) is 11.4 Å². The lowest BCUT2D eigenvalue weighted by Gasteiger charge is -2.47. The molecule has 1 unspecified atom stereocenters. The number of hydrogen-bond donors (Lipinski definition) is 2. The number of hydroxylamine groups is 2. The number of benzene rings is 2. The van der Waals surface area contributed by atoms with Gasteiger partial charge in [0.25, 0.3) is 17.5 Å². The number of anilines is 1. The normalized spacial score (nSPS) is 19.5. The maximum Gasteiger partial charge on any atom is 0.352 e. The Balaban J connectivity index is 1.21. The topological polar surface area (TPSA) is 177 Å². The van der Waals surface area contributed by atoms with Crippen molar-refractivity contribution in [2.45, 2.75) is 44.2 Å². The van der Waals surface area contributed by atoms with Crippen LogP contribution in [0.25, 0.3) is 6.08 Å². The van der Waals surface area contributed by atoms with Crippen LogP contribution in [0.1, 0.15) is 44.2 Å². The Labute approximate surface area is 245 Å². The summed E-state index contributed by atoms with van der Waals surface area (Å²) >= 11 is 0. The van der Waals surface area contributed by atoms with Gasteiger partial charge in [0.15, 0.2) is 0 Å². The van der Waals surface area contributed by atoms with Crippen LogP contribution in [-0.2, 0) is 34.2 Å². The summed E-state index contributed by atoms with van der Waals surface area (Å²) in [7, 11) is 0. The van der Waals surface area contributed by atoms with E-state index in [9.17, 15) is 34.1 Å². The molecule has 1 spiro atoms. The second kappa shape index (κ2) is 11.2. The summed E-state index contributed by atoms with van der Waals surface area (Å²) in [6.07, 6.45) is 3.54. The number of non-ortho nitro benzene ring substituents is 1. The zero-order valence-corrected chi connectivity index (χ0v) is 23.5. The molecule has 224 valence electrons. The molecule has 1 fully saturated rings. The average Bonchev–Trinajstić information content (AvgIpc) is 3.39. The number of hydrogen-bond acceptors (Lipinski definition) is 10. The van der Waals surface area contributed by atoms with Crippen LogP contribution in [0, 0.1) is 10.1 Å². The number of fused-ring (bicyclic) bond motifs is 2. The highest BCUT2D eigenvalue weighted by atomic mass is 16.7. The number of para-hydroxylation sites is 1. The molecular weight excluding hydrogens is 562 g/mol. The van der Waals surface area contributed by atoms with Crippen LogP contribution in [0.5, 0.6) is 5.75 Å². The number of carbonyl (C=O) groups excluding carboxylic acids is 5. The summed E-state index contributed by atoms with van der Waals surface area (Å²) in [4.78, 5) is 77.4. The third-order valence-electron chi connectivity index (χ3n) is 7.76. The molecule has 3 heterocycles. The average molecular weight is 592 g/mol. The predicted octanol–water partition coefficient (Wildman–Crippen LogP) is 1.72. The standard InChI is InChI=1S/C29H29N5O9/c1-28(2)20-5-3-4-6-21(20)32(29(28)13-11-18-15-19(34(40)41)7-8-22(18)42-29)14-12-23(35)30-16-24(36)31-17-27(39)43-33-25(37)9-10-26(33)38/h3-8,11,13,15H,9-10,12,14,16-17H2,1-2H3,(H,30,35)(H,31,36). The fourth-order valence-corrected chi connectivity index (χ4v) is 5.50. The van der Waals surface area contributed by atoms with E-state index in [1.807, 2.05) is 49.1 Å². The molecule has 43 heavy (non-hydrogen) atoms. The van der Waals surface area contributed by atoms with Crippen LogP contribution in [0.3, 0.4) is 0 Å². The van der Waals surface area contributed by atoms with Gasteiger partial charge < -0.3 is 25.1 Å². The monoisotopic (exact) mass is 591 g/mol. The van der Waals surface area contributed by atoms with Crippen molar-refractivity contribution in [1.82, 2.24) is 15.7 Å². The number of nitrogens with zero attached hydrogens (tertiary/aromatic N) is 3. The molecule has 5 rings (SSSR count). The Morgan fingerprint density at radius 1 is 1.02 bits per heavy atom. The Hall–Kier alpha value is -5.27. The molecule has 0 saturated carbocycles. The third kappa shape index (κ3) is 5.38. The molecule has 2 N–H and O–H groups in total. The second-order valence-corrected chi connectivity index (χ2v) is 10.8. The maximum absolute atomic E-state index is 12.8. The summed E-state index contributed by atoms with van der Waals surface area (Å²) < 4.78 is 6.60. The van der Waals surface area contributed by atoms with Gasteiger partial charge >= 0.3 is 5.97 Å². The van der Waals surface area contributed by atoms with Crippen LogP contribution in [-0.4, -0.2) is 64.9 Å². The number of ether oxygens (including phenoxy) is 1. The molecule has 1 atom stereocenters. The van der Waals surface area contributed by atoms with E-state index in [1.54, 1.807) is 12.1 Å². The number of amides is 4. The van der Waals surface area contributed by atoms with Crippen LogP contribution in [0.2, 0.25) is 0 Å². The van der Waals surface area contributed by atoms with Gasteiger partial charge in [0, 0.05) is 49.2 Å². The van der Waals surface area contributed by atoms with Gasteiger partial charge in [-0.15, -0.1) is 5.06 Å². The van der Waals surface area contributed by atoms with Gasteiger partial charge in [0.2, 0.25) is 17.5 Å². The molecule has 3 aliphatic rings. The van der Waals surface area contributed by atoms with Gasteiger partial charge in [-0.25, -0.2) is 4.79 Å². The summed E-state index contributed by atoms with van der Waals surface area (Å²) in [5.74, 6) is -2.90. The van der Waals surface area contributed by atoms with Crippen molar-refractivity contribution < 1.29 is 38.5 Å². The lowest BCUT2D eigenvalue weighted by atomic mass is 9.76. The quantitative estimate of drug-likeness (QED) is 0.248. The highest BCUT2D eigenvalue weighted by Crippen LogP contribution is 2.55. The summed E-state index contributed by atoms with van der Waals surface area (Å²) in [6.45, 7) is 3.26. The molecule has 2 aromatic rings. The first-order valence-electron chi connectivity index (χ1n) is 13.6. The van der Waals surface area contributed by atoms with E-state index in [0.29, 0.717) is 16.4 Å². The summed E-state index contributed by atoms with van der Waals surface area (Å²) in [5.41, 5.74) is 0.738. The zero-order valence-electron chi connectivity index (χ0n) is 23.5. The number of imide groups is 1. The van der Waals surface area contributed by atoms with Gasteiger partial charge in [0.05, 0.1) is 16.9 Å². The van der Waals surface area contributed by atoms with Gasteiger partial charge in [-0.2, -0.15) is 0 Å². The fourth-order valence-electron chi connectivity index (χ4n) is 5.50. The largest absolute Gasteiger partial charge is 0.463 e. The molecule has 14 heteroatoms. The molecule has 0 bridgehead atoms. The van der Waals surface area contributed by atoms with Crippen LogP contribution < -0.4 is 20.3 Å². The number of nitro benzene ring substituents is 1. The molecule has 2 aromatic carbocycles. The SMILES string of the molecule is CC1(C)c2ccccc2N(CCC(=O)NCC(=O)NCC(=O)ON2C(=O)CCC2=O)C12C=Cc1cc([N+](=O)[O-])ccc1O2. The van der Waals surface area contributed by atoms with Crippen molar-refractivity contribution in [3.05, 3.63) is 69.8 Å². The van der Waals surface area contributed by atoms with Gasteiger partial charge in [0.1, 0.15) is 12.3 Å². The molecular formula is C29H29N5O9. The Morgan fingerprint density at radius 3 is 2.44 bits per heavy atom. The molecule has 0 radical (unpaired) electrons. The number of rotatable bonds is 9. The minimum Gasteiger partial charge on any atom is -0.463 e. The van der Waals surface area contributed by atoms with Crippen molar-refractivity contribution in [3.63, 3.8) is 0 Å². The number of nitro groups is 1. The van der Waals surface area contributed by atoms with Crippen LogP contribution >= 0.6 is 0 Å². The van der Waals surface area contributed by atoms with E-state index in [4.69, 9.17) is 4.74 Å². The minimum atomic E-state index is -1.05. The summed E-state index contributed by atoms with van der Waals surface area (Å²) in [6, 6.07) is 12.1. The van der Waals surface area contributed by atoms with Crippen molar-refractivity contribution in [1.29, 1.82) is 0 Å². The van der Waals surface area contributed by atoms with Gasteiger partial charge in [-0.1, -0.05) is 18.2 Å². The first-order chi connectivity index (χ1) is 20.4. The van der Waals surface area contributed by atoms with Gasteiger partial charge in [-0.3, -0.25) is 29.3 Å². The highest BCUT2D eigenvalue weighted by molar-refractivity contribution is 6.01. The first kappa shape index (κ1) is 29.2. The molecule has 0 aromatic heterocycles. The Bertz CT molecular complexity index is 1550. The van der Waals surface area contributed by atoms with E-state index in [1.165, 1.54) is 12.1 Å². The second-order valence-electron chi connectivity index (χ2n) is 10.8. The van der Waals surface area contributed by atoms with E-state index >= 15 is 0 Å². The molecule has 4 amide bonds. The maximum atomic E-state index is 12.8. The molecule has 0 aliphatic carbocycles.